The molecular weight excluding hydrogens is 330 g/mol. The van der Waals surface area contributed by atoms with Gasteiger partial charge >= 0.3 is 0 Å². The summed E-state index contributed by atoms with van der Waals surface area (Å²) in [6.07, 6.45) is 1.42. The third-order valence-electron chi connectivity index (χ3n) is 4.00. The number of halogens is 1. The highest BCUT2D eigenvalue weighted by molar-refractivity contribution is 6.31. The molecule has 0 saturated carbocycles. The smallest absolute Gasteiger partial charge is 0.291 e. The van der Waals surface area contributed by atoms with Gasteiger partial charge < -0.3 is 19.5 Å². The largest absolute Gasteiger partial charge is 0.459 e. The van der Waals surface area contributed by atoms with E-state index in [9.17, 15) is 9.59 Å². The van der Waals surface area contributed by atoms with E-state index in [2.05, 4.69) is 10.2 Å². The van der Waals surface area contributed by atoms with Gasteiger partial charge in [0.2, 0.25) is 0 Å². The number of benzene rings is 1. The van der Waals surface area contributed by atoms with Gasteiger partial charge in [-0.3, -0.25) is 9.59 Å². The molecule has 126 valence electrons. The van der Waals surface area contributed by atoms with Crippen molar-refractivity contribution in [1.82, 2.24) is 9.80 Å². The lowest BCUT2D eigenvalue weighted by Crippen LogP contribution is -2.47. The van der Waals surface area contributed by atoms with Crippen LogP contribution in [0.4, 0.5) is 5.69 Å². The van der Waals surface area contributed by atoms with Gasteiger partial charge in [0.1, 0.15) is 0 Å². The molecule has 0 unspecified atom stereocenters. The summed E-state index contributed by atoms with van der Waals surface area (Å²) in [6, 6.07) is 8.05. The van der Waals surface area contributed by atoms with E-state index in [4.69, 9.17) is 16.0 Å². The maximum absolute atomic E-state index is 12.8. The molecule has 1 aliphatic heterocycles. The summed E-state index contributed by atoms with van der Waals surface area (Å²) in [6.45, 7) is 2.93. The van der Waals surface area contributed by atoms with Gasteiger partial charge in [-0.15, -0.1) is 0 Å². The second kappa shape index (κ2) is 7.07. The third-order valence-corrected chi connectivity index (χ3v) is 4.23. The van der Waals surface area contributed by atoms with E-state index in [0.717, 1.165) is 13.1 Å². The molecule has 1 aromatic carbocycles. The fraction of sp³-hybridized carbons (Fsp3) is 0.294. The zero-order chi connectivity index (χ0) is 17.1. The van der Waals surface area contributed by atoms with Gasteiger partial charge in [0.25, 0.3) is 11.8 Å². The normalized spacial score (nSPS) is 15.3. The Balaban J connectivity index is 1.83. The van der Waals surface area contributed by atoms with Crippen molar-refractivity contribution >= 4 is 29.1 Å². The molecule has 0 radical (unpaired) electrons. The minimum absolute atomic E-state index is 0.139. The number of carbonyl (C=O) groups is 2. The van der Waals surface area contributed by atoms with E-state index < -0.39 is 5.91 Å². The Labute approximate surface area is 145 Å². The summed E-state index contributed by atoms with van der Waals surface area (Å²) in [5, 5.41) is 3.17. The quantitative estimate of drug-likeness (QED) is 0.926. The lowest BCUT2D eigenvalue weighted by Gasteiger charge is -2.32. The number of nitrogens with one attached hydrogen (secondary N) is 1. The monoisotopic (exact) mass is 347 g/mol. The molecule has 2 heterocycles. The van der Waals surface area contributed by atoms with Crippen molar-refractivity contribution in [2.75, 3.05) is 38.5 Å². The second-order valence-electron chi connectivity index (χ2n) is 5.72. The van der Waals surface area contributed by atoms with Crippen molar-refractivity contribution in [1.29, 1.82) is 0 Å². The maximum atomic E-state index is 12.8. The summed E-state index contributed by atoms with van der Waals surface area (Å²) in [4.78, 5) is 28.9. The van der Waals surface area contributed by atoms with Crippen LogP contribution in [0.1, 0.15) is 20.9 Å². The Hall–Kier alpha value is -2.31. The highest BCUT2D eigenvalue weighted by atomic mass is 35.5. The Morgan fingerprint density at radius 1 is 1.17 bits per heavy atom. The fourth-order valence-corrected chi connectivity index (χ4v) is 2.75. The summed E-state index contributed by atoms with van der Waals surface area (Å²) in [5.74, 6) is -0.363. The topological polar surface area (TPSA) is 65.8 Å². The number of furan rings is 1. The van der Waals surface area contributed by atoms with Crippen LogP contribution in [0.15, 0.2) is 41.0 Å². The molecule has 1 aliphatic rings. The van der Waals surface area contributed by atoms with Gasteiger partial charge in [-0.1, -0.05) is 11.6 Å². The summed E-state index contributed by atoms with van der Waals surface area (Å²) in [5.41, 5.74) is 0.802. The number of amides is 2. The average molecular weight is 348 g/mol. The van der Waals surface area contributed by atoms with Crippen LogP contribution in [0, 0.1) is 0 Å². The van der Waals surface area contributed by atoms with Gasteiger partial charge in [-0.25, -0.2) is 0 Å². The van der Waals surface area contributed by atoms with E-state index in [-0.39, 0.29) is 11.7 Å². The molecule has 1 N–H and O–H groups in total. The van der Waals surface area contributed by atoms with Crippen LogP contribution in [0.25, 0.3) is 0 Å². The summed E-state index contributed by atoms with van der Waals surface area (Å²) < 4.78 is 5.08. The minimum Gasteiger partial charge on any atom is -0.459 e. The van der Waals surface area contributed by atoms with Gasteiger partial charge in [-0.2, -0.15) is 0 Å². The van der Waals surface area contributed by atoms with Crippen molar-refractivity contribution in [3.8, 4) is 0 Å². The minimum atomic E-state index is -0.408. The number of hydrogen-bond acceptors (Lipinski definition) is 4. The predicted molar refractivity (Wildman–Crippen MR) is 91.5 cm³/mol. The fourth-order valence-electron chi connectivity index (χ4n) is 2.57. The zero-order valence-corrected chi connectivity index (χ0v) is 14.0. The summed E-state index contributed by atoms with van der Waals surface area (Å²) >= 11 is 6.05. The van der Waals surface area contributed by atoms with Crippen LogP contribution in [0.5, 0.6) is 0 Å². The van der Waals surface area contributed by atoms with Crippen molar-refractivity contribution in [3.63, 3.8) is 0 Å². The number of nitrogens with zero attached hydrogens (tertiary/aromatic N) is 2. The molecule has 0 bridgehead atoms. The summed E-state index contributed by atoms with van der Waals surface area (Å²) in [7, 11) is 2.02. The van der Waals surface area contributed by atoms with Crippen LogP contribution in [-0.2, 0) is 0 Å². The highest BCUT2D eigenvalue weighted by Gasteiger charge is 2.23. The maximum Gasteiger partial charge on any atom is 0.291 e. The van der Waals surface area contributed by atoms with E-state index in [1.54, 1.807) is 35.2 Å². The first kappa shape index (κ1) is 16.5. The molecule has 1 saturated heterocycles. The molecule has 6 nitrogen and oxygen atoms in total. The van der Waals surface area contributed by atoms with Crippen molar-refractivity contribution in [2.45, 2.75) is 0 Å². The molecule has 1 fully saturated rings. The first-order chi connectivity index (χ1) is 11.5. The Morgan fingerprint density at radius 2 is 1.92 bits per heavy atom. The molecule has 0 spiro atoms. The first-order valence-corrected chi connectivity index (χ1v) is 8.04. The number of hydrogen-bond donors (Lipinski definition) is 1. The van der Waals surface area contributed by atoms with Gasteiger partial charge in [-0.05, 0) is 37.4 Å². The standard InChI is InChI=1S/C17H18ClN3O3/c1-20-6-8-21(9-7-20)17(23)13-11-12(18)4-5-14(13)19-16(22)15-3-2-10-24-15/h2-5,10-11H,6-9H2,1H3,(H,19,22). The Kier molecular flexibility index (Phi) is 4.87. The van der Waals surface area contributed by atoms with Gasteiger partial charge in [0, 0.05) is 31.2 Å². The van der Waals surface area contributed by atoms with Gasteiger partial charge in [0.05, 0.1) is 17.5 Å². The molecule has 0 aliphatic carbocycles. The van der Waals surface area contributed by atoms with E-state index in [0.29, 0.717) is 29.4 Å². The molecule has 2 aromatic rings. The lowest BCUT2D eigenvalue weighted by molar-refractivity contribution is 0.0665. The lowest BCUT2D eigenvalue weighted by atomic mass is 10.1. The van der Waals surface area contributed by atoms with Crippen LogP contribution in [0.2, 0.25) is 5.02 Å². The van der Waals surface area contributed by atoms with Crippen LogP contribution in [-0.4, -0.2) is 54.8 Å². The number of carbonyl (C=O) groups excluding carboxylic acids is 2. The number of piperazine rings is 1. The number of likely N-dealkylation sites (N-methyl/N-ethyl adjacent to an activating group) is 1. The Bertz CT molecular complexity index is 738. The van der Waals surface area contributed by atoms with E-state index in [1.807, 2.05) is 7.05 Å². The van der Waals surface area contributed by atoms with Crippen LogP contribution in [0.3, 0.4) is 0 Å². The molecule has 1 aromatic heterocycles. The molecular formula is C17H18ClN3O3. The Morgan fingerprint density at radius 3 is 2.58 bits per heavy atom. The molecule has 0 atom stereocenters. The van der Waals surface area contributed by atoms with Crippen molar-refractivity contribution in [3.05, 3.63) is 52.9 Å². The first-order valence-electron chi connectivity index (χ1n) is 7.67. The highest BCUT2D eigenvalue weighted by Crippen LogP contribution is 2.23. The van der Waals surface area contributed by atoms with E-state index in [1.165, 1.54) is 6.26 Å². The van der Waals surface area contributed by atoms with Crippen molar-refractivity contribution < 1.29 is 14.0 Å². The van der Waals surface area contributed by atoms with Crippen LogP contribution < -0.4 is 5.32 Å². The molecule has 2 amide bonds. The molecule has 24 heavy (non-hydrogen) atoms. The third kappa shape index (κ3) is 3.60. The zero-order valence-electron chi connectivity index (χ0n) is 13.3. The van der Waals surface area contributed by atoms with Crippen molar-refractivity contribution in [2.24, 2.45) is 0 Å². The molecule has 7 heteroatoms. The number of anilines is 1. The van der Waals surface area contributed by atoms with Gasteiger partial charge in [0.15, 0.2) is 5.76 Å². The van der Waals surface area contributed by atoms with Crippen LogP contribution >= 0.6 is 11.6 Å². The number of rotatable bonds is 3. The average Bonchev–Trinajstić information content (AvgIpc) is 3.11. The second-order valence-corrected chi connectivity index (χ2v) is 6.15. The van der Waals surface area contributed by atoms with E-state index >= 15 is 0 Å². The predicted octanol–water partition coefficient (Wildman–Crippen LogP) is 2.57. The SMILES string of the molecule is CN1CCN(C(=O)c2cc(Cl)ccc2NC(=O)c2ccco2)CC1. The molecule has 3 rings (SSSR count).